The number of aromatic carboxylic acids is 1. The zero-order valence-electron chi connectivity index (χ0n) is 8.06. The molecule has 1 heterocycles. The molecule has 1 aromatic rings. The Morgan fingerprint density at radius 3 is 2.93 bits per heavy atom. The van der Waals surface area contributed by atoms with Crippen molar-refractivity contribution in [2.45, 2.75) is 4.90 Å². The Morgan fingerprint density at radius 1 is 1.53 bits per heavy atom. The van der Waals surface area contributed by atoms with Crippen molar-refractivity contribution in [3.8, 4) is 0 Å². The number of benzene rings is 1. The van der Waals surface area contributed by atoms with Crippen LogP contribution in [0, 0.1) is 0 Å². The summed E-state index contributed by atoms with van der Waals surface area (Å²) in [5.41, 5.74) is 1.03. The second-order valence-electron chi connectivity index (χ2n) is 3.23. The molecule has 0 bridgehead atoms. The number of fused-ring (bicyclic) bond motifs is 1. The Hall–Kier alpha value is -1.49. The quantitative estimate of drug-likeness (QED) is 0.783. The molecule has 1 aliphatic rings. The smallest absolute Gasteiger partial charge is 0.335 e. The molecular formula is C10H9NO3S. The van der Waals surface area contributed by atoms with Crippen LogP contribution < -0.4 is 4.90 Å². The fourth-order valence-electron chi connectivity index (χ4n) is 1.41. The molecule has 15 heavy (non-hydrogen) atoms. The number of thioether (sulfide) groups is 1. The molecule has 2 rings (SSSR count). The molecule has 0 saturated heterocycles. The van der Waals surface area contributed by atoms with E-state index < -0.39 is 5.97 Å². The molecule has 0 aliphatic carbocycles. The van der Waals surface area contributed by atoms with Gasteiger partial charge in [0.2, 0.25) is 5.91 Å². The molecule has 4 nitrogen and oxygen atoms in total. The van der Waals surface area contributed by atoms with Crippen LogP contribution in [0.5, 0.6) is 0 Å². The van der Waals surface area contributed by atoms with Crippen LogP contribution in [0.1, 0.15) is 10.4 Å². The normalized spacial score (nSPS) is 15.0. The number of carboxylic acids is 1. The molecule has 0 atom stereocenters. The lowest BCUT2D eigenvalue weighted by molar-refractivity contribution is -0.116. The fourth-order valence-corrected chi connectivity index (χ4v) is 2.45. The zero-order valence-corrected chi connectivity index (χ0v) is 8.87. The van der Waals surface area contributed by atoms with Crippen molar-refractivity contribution in [1.82, 2.24) is 0 Å². The maximum Gasteiger partial charge on any atom is 0.335 e. The van der Waals surface area contributed by atoms with Gasteiger partial charge in [-0.3, -0.25) is 4.79 Å². The molecule has 1 aliphatic heterocycles. The maximum absolute atomic E-state index is 11.4. The SMILES string of the molecule is CN1C(=O)CSc2cc(C(=O)O)ccc21. The van der Waals surface area contributed by atoms with Gasteiger partial charge in [-0.15, -0.1) is 11.8 Å². The van der Waals surface area contributed by atoms with Gasteiger partial charge in [0, 0.05) is 11.9 Å². The Bertz CT molecular complexity index is 444. The highest BCUT2D eigenvalue weighted by molar-refractivity contribution is 8.00. The molecule has 0 spiro atoms. The summed E-state index contributed by atoms with van der Waals surface area (Å²) in [6.07, 6.45) is 0. The number of carbonyl (C=O) groups is 2. The van der Waals surface area contributed by atoms with Crippen LogP contribution in [0.2, 0.25) is 0 Å². The number of hydrogen-bond acceptors (Lipinski definition) is 3. The summed E-state index contributed by atoms with van der Waals surface area (Å²) in [7, 11) is 1.70. The number of carboxylic acid groups (broad SMARTS) is 1. The number of nitrogens with zero attached hydrogens (tertiary/aromatic N) is 1. The van der Waals surface area contributed by atoms with Gasteiger partial charge in [-0.2, -0.15) is 0 Å². The fraction of sp³-hybridized carbons (Fsp3) is 0.200. The van der Waals surface area contributed by atoms with E-state index in [9.17, 15) is 9.59 Å². The lowest BCUT2D eigenvalue weighted by Gasteiger charge is -2.25. The highest BCUT2D eigenvalue weighted by Gasteiger charge is 2.22. The molecule has 0 aromatic heterocycles. The minimum atomic E-state index is -0.946. The topological polar surface area (TPSA) is 57.6 Å². The summed E-state index contributed by atoms with van der Waals surface area (Å²) in [5, 5.41) is 8.81. The van der Waals surface area contributed by atoms with Crippen molar-refractivity contribution in [1.29, 1.82) is 0 Å². The van der Waals surface area contributed by atoms with Gasteiger partial charge in [-0.1, -0.05) is 0 Å². The number of rotatable bonds is 1. The monoisotopic (exact) mass is 223 g/mol. The van der Waals surface area contributed by atoms with Crippen LogP contribution in [0.15, 0.2) is 23.1 Å². The second kappa shape index (κ2) is 3.58. The van der Waals surface area contributed by atoms with Crippen LogP contribution in [0.3, 0.4) is 0 Å². The molecule has 5 heteroatoms. The first-order chi connectivity index (χ1) is 7.09. The van der Waals surface area contributed by atoms with Crippen molar-refractivity contribution in [3.63, 3.8) is 0 Å². The van der Waals surface area contributed by atoms with Crippen LogP contribution in [-0.2, 0) is 4.79 Å². The molecule has 1 aromatic carbocycles. The van der Waals surface area contributed by atoms with Crippen molar-refractivity contribution in [3.05, 3.63) is 23.8 Å². The van der Waals surface area contributed by atoms with E-state index in [0.29, 0.717) is 5.75 Å². The molecular weight excluding hydrogens is 214 g/mol. The summed E-state index contributed by atoms with van der Waals surface area (Å²) in [6.45, 7) is 0. The Morgan fingerprint density at radius 2 is 2.27 bits per heavy atom. The number of amides is 1. The van der Waals surface area contributed by atoms with E-state index in [1.54, 1.807) is 24.1 Å². The Kier molecular flexibility index (Phi) is 2.40. The van der Waals surface area contributed by atoms with Gasteiger partial charge in [0.05, 0.1) is 17.0 Å². The molecule has 1 N–H and O–H groups in total. The van der Waals surface area contributed by atoms with Gasteiger partial charge in [0.1, 0.15) is 0 Å². The lowest BCUT2D eigenvalue weighted by atomic mass is 10.2. The van der Waals surface area contributed by atoms with Crippen LogP contribution in [-0.4, -0.2) is 29.8 Å². The van der Waals surface area contributed by atoms with Crippen molar-refractivity contribution in [2.24, 2.45) is 0 Å². The molecule has 1 amide bonds. The van der Waals surface area contributed by atoms with E-state index in [2.05, 4.69) is 0 Å². The van der Waals surface area contributed by atoms with E-state index in [4.69, 9.17) is 5.11 Å². The highest BCUT2D eigenvalue weighted by Crippen LogP contribution is 2.34. The maximum atomic E-state index is 11.4. The first-order valence-electron chi connectivity index (χ1n) is 4.36. The van der Waals surface area contributed by atoms with E-state index in [1.165, 1.54) is 17.8 Å². The summed E-state index contributed by atoms with van der Waals surface area (Å²) in [4.78, 5) is 24.5. The summed E-state index contributed by atoms with van der Waals surface area (Å²) >= 11 is 1.38. The van der Waals surface area contributed by atoms with E-state index >= 15 is 0 Å². The minimum Gasteiger partial charge on any atom is -0.478 e. The minimum absolute atomic E-state index is 0.0376. The summed E-state index contributed by atoms with van der Waals surface area (Å²) in [6, 6.07) is 4.78. The van der Waals surface area contributed by atoms with Crippen molar-refractivity contribution in [2.75, 3.05) is 17.7 Å². The molecule has 0 radical (unpaired) electrons. The number of anilines is 1. The number of hydrogen-bond donors (Lipinski definition) is 1. The second-order valence-corrected chi connectivity index (χ2v) is 4.25. The average Bonchev–Trinajstić information content (AvgIpc) is 2.23. The lowest BCUT2D eigenvalue weighted by Crippen LogP contribution is -2.31. The van der Waals surface area contributed by atoms with Crippen LogP contribution >= 0.6 is 11.8 Å². The van der Waals surface area contributed by atoms with E-state index in [1.807, 2.05) is 0 Å². The largest absolute Gasteiger partial charge is 0.478 e. The average molecular weight is 223 g/mol. The Balaban J connectivity index is 2.47. The molecule has 0 unspecified atom stereocenters. The van der Waals surface area contributed by atoms with Crippen LogP contribution in [0.25, 0.3) is 0 Å². The standard InChI is InChI=1S/C10H9NO3S/c1-11-7-3-2-6(10(13)14)4-8(7)15-5-9(11)12/h2-4H,5H2,1H3,(H,13,14). The van der Waals surface area contributed by atoms with E-state index in [-0.39, 0.29) is 11.5 Å². The van der Waals surface area contributed by atoms with Crippen molar-refractivity contribution >= 4 is 29.3 Å². The summed E-state index contributed by atoms with van der Waals surface area (Å²) in [5.74, 6) is -0.541. The predicted octanol–water partition coefficient (Wildman–Crippen LogP) is 1.45. The third-order valence-corrected chi connectivity index (χ3v) is 3.32. The van der Waals surface area contributed by atoms with Crippen LogP contribution in [0.4, 0.5) is 5.69 Å². The van der Waals surface area contributed by atoms with Gasteiger partial charge in [-0.25, -0.2) is 4.79 Å². The first-order valence-corrected chi connectivity index (χ1v) is 5.35. The van der Waals surface area contributed by atoms with Gasteiger partial charge < -0.3 is 10.0 Å². The first kappa shape index (κ1) is 10.0. The molecule has 0 fully saturated rings. The molecule has 0 saturated carbocycles. The van der Waals surface area contributed by atoms with Gasteiger partial charge in [0.25, 0.3) is 0 Å². The van der Waals surface area contributed by atoms with E-state index in [0.717, 1.165) is 10.6 Å². The highest BCUT2D eigenvalue weighted by atomic mass is 32.2. The van der Waals surface area contributed by atoms with Gasteiger partial charge >= 0.3 is 5.97 Å². The third-order valence-electron chi connectivity index (χ3n) is 2.29. The third kappa shape index (κ3) is 1.70. The zero-order chi connectivity index (χ0) is 11.0. The van der Waals surface area contributed by atoms with Crippen molar-refractivity contribution < 1.29 is 14.7 Å². The van der Waals surface area contributed by atoms with Gasteiger partial charge in [0.15, 0.2) is 0 Å². The predicted molar refractivity (Wildman–Crippen MR) is 57.5 cm³/mol. The number of carbonyl (C=O) groups excluding carboxylic acids is 1. The molecule has 78 valence electrons. The Labute approximate surface area is 90.9 Å². The summed E-state index contributed by atoms with van der Waals surface area (Å²) < 4.78 is 0. The van der Waals surface area contributed by atoms with Gasteiger partial charge in [-0.05, 0) is 18.2 Å².